The van der Waals surface area contributed by atoms with E-state index in [9.17, 15) is 0 Å². The van der Waals surface area contributed by atoms with Gasteiger partial charge in [0.05, 0.1) is 24.4 Å². The zero-order valence-corrected chi connectivity index (χ0v) is 32.7. The average molecular weight is 749 g/mol. The van der Waals surface area contributed by atoms with Crippen LogP contribution in [0.3, 0.4) is 0 Å². The van der Waals surface area contributed by atoms with Crippen LogP contribution < -0.4 is 19.9 Å². The van der Waals surface area contributed by atoms with Gasteiger partial charge in [-0.3, -0.25) is 4.84 Å². The topological polar surface area (TPSA) is 130 Å². The minimum absolute atomic E-state index is 0.0208. The molecule has 0 saturated heterocycles. The molecule has 4 aromatic carbocycles. The summed E-state index contributed by atoms with van der Waals surface area (Å²) in [6, 6.07) is 27.9. The molecule has 0 saturated carbocycles. The monoisotopic (exact) mass is 748 g/mol. The van der Waals surface area contributed by atoms with Crippen molar-refractivity contribution in [2.24, 2.45) is 25.0 Å². The second-order valence-electron chi connectivity index (χ2n) is 15.2. The number of aromatic nitrogens is 1. The smallest absolute Gasteiger partial charge is 0.268 e. The summed E-state index contributed by atoms with van der Waals surface area (Å²) in [5.74, 6) is 3.82. The molecule has 9 rings (SSSR count). The number of ether oxygens (including phenoxy) is 3. The number of rotatable bonds is 8. The van der Waals surface area contributed by atoms with E-state index >= 15 is 0 Å². The van der Waals surface area contributed by atoms with E-state index in [0.29, 0.717) is 46.6 Å². The first-order valence-corrected chi connectivity index (χ1v) is 19.2. The third kappa shape index (κ3) is 6.15. The molecule has 56 heavy (non-hydrogen) atoms. The van der Waals surface area contributed by atoms with Gasteiger partial charge in [0.2, 0.25) is 0 Å². The summed E-state index contributed by atoms with van der Waals surface area (Å²) in [6.07, 6.45) is -0.532. The summed E-state index contributed by atoms with van der Waals surface area (Å²) in [4.78, 5) is 36.6. The first-order valence-electron chi connectivity index (χ1n) is 19.2. The van der Waals surface area contributed by atoms with E-state index in [4.69, 9.17) is 44.0 Å². The van der Waals surface area contributed by atoms with Crippen molar-refractivity contribution in [3.05, 3.63) is 118 Å². The summed E-state index contributed by atoms with van der Waals surface area (Å²) in [6.45, 7) is 16.0. The predicted octanol–water partition coefficient (Wildman–Crippen LogP) is 8.53. The molecule has 0 aliphatic carbocycles. The van der Waals surface area contributed by atoms with Crippen molar-refractivity contribution in [1.29, 1.82) is 0 Å². The Bertz CT molecular complexity index is 2560. The van der Waals surface area contributed by atoms with Crippen LogP contribution in [0.25, 0.3) is 10.8 Å². The lowest BCUT2D eigenvalue weighted by molar-refractivity contribution is -0.0870. The largest absolute Gasteiger partial charge is 0.491 e. The van der Waals surface area contributed by atoms with Gasteiger partial charge < -0.3 is 24.5 Å². The maximum atomic E-state index is 6.81. The zero-order valence-electron chi connectivity index (χ0n) is 32.7. The van der Waals surface area contributed by atoms with Crippen LogP contribution >= 0.6 is 0 Å². The van der Waals surface area contributed by atoms with Gasteiger partial charge in [0, 0.05) is 44.2 Å². The number of nitrogens with zero attached hydrogens (tertiary/aromatic N) is 6. The maximum Gasteiger partial charge on any atom is 0.268 e. The number of anilines is 1. The lowest BCUT2D eigenvalue weighted by atomic mass is 10.1. The molecule has 1 unspecified atom stereocenters. The Morgan fingerprint density at radius 1 is 0.571 bits per heavy atom. The number of hydrogen-bond acceptors (Lipinski definition) is 11. The Morgan fingerprint density at radius 3 is 1.93 bits per heavy atom. The highest BCUT2D eigenvalue weighted by Crippen LogP contribution is 2.42. The number of benzene rings is 4. The molecule has 284 valence electrons. The molecule has 1 atom stereocenters. The highest BCUT2D eigenvalue weighted by Gasteiger charge is 2.46. The third-order valence-electron chi connectivity index (χ3n) is 9.44. The van der Waals surface area contributed by atoms with Crippen molar-refractivity contribution >= 4 is 51.6 Å². The van der Waals surface area contributed by atoms with E-state index < -0.39 is 5.85 Å². The van der Waals surface area contributed by atoms with E-state index in [2.05, 4.69) is 10.3 Å². The van der Waals surface area contributed by atoms with Gasteiger partial charge in [-0.15, -0.1) is 0 Å². The molecule has 12 nitrogen and oxygen atoms in total. The summed E-state index contributed by atoms with van der Waals surface area (Å²) < 4.78 is 19.2. The molecular formula is C44H44N8O4. The van der Waals surface area contributed by atoms with E-state index in [0.717, 1.165) is 49.9 Å². The highest BCUT2D eigenvalue weighted by atomic mass is 16.7. The minimum atomic E-state index is -1.39. The van der Waals surface area contributed by atoms with Gasteiger partial charge in [-0.1, -0.05) is 48.5 Å². The summed E-state index contributed by atoms with van der Waals surface area (Å²) in [7, 11) is 0. The number of H-pyrrole nitrogens is 1. The molecule has 4 aliphatic heterocycles. The van der Waals surface area contributed by atoms with Crippen molar-refractivity contribution in [3.63, 3.8) is 0 Å². The van der Waals surface area contributed by atoms with Crippen LogP contribution in [0, 0.1) is 0 Å². The molecule has 4 aliphatic rings. The van der Waals surface area contributed by atoms with Gasteiger partial charge in [-0.2, -0.15) is 5.06 Å². The fraction of sp³-hybridized carbons (Fsp3) is 0.295. The van der Waals surface area contributed by atoms with E-state index in [1.807, 2.05) is 140 Å². The SMILES string of the molecule is CC(C)Oc1ccc2c(c1)/C1=N/C3(OC(C)C)N/C(=N\C4=NC(=N\c5[nH]c(c6ccc(OC(C)C)cc56)N(OC(C)C)C2=N1)/c1ccccc14)c1ccccc13. The van der Waals surface area contributed by atoms with E-state index in [1.54, 1.807) is 5.06 Å². The van der Waals surface area contributed by atoms with Crippen LogP contribution in [0.15, 0.2) is 110 Å². The molecule has 0 spiro atoms. The number of hydroxylamine groups is 1. The van der Waals surface area contributed by atoms with Crippen molar-refractivity contribution in [1.82, 2.24) is 10.3 Å². The van der Waals surface area contributed by atoms with Crippen LogP contribution in [0.4, 0.5) is 11.6 Å². The Hall–Kier alpha value is -6.11. The summed E-state index contributed by atoms with van der Waals surface area (Å²) >= 11 is 0. The Kier molecular flexibility index (Phi) is 8.62. The van der Waals surface area contributed by atoms with Gasteiger partial charge in [0.15, 0.2) is 23.3 Å². The lowest BCUT2D eigenvalue weighted by Crippen LogP contribution is -2.43. The quantitative estimate of drug-likeness (QED) is 0.164. The first-order chi connectivity index (χ1) is 27.0. The van der Waals surface area contributed by atoms with Crippen LogP contribution in [0.2, 0.25) is 0 Å². The second-order valence-corrected chi connectivity index (χ2v) is 15.2. The lowest BCUT2D eigenvalue weighted by Gasteiger charge is -2.29. The minimum Gasteiger partial charge on any atom is -0.491 e. The average Bonchev–Trinajstić information content (AvgIpc) is 3.87. The Morgan fingerprint density at radius 2 is 1.23 bits per heavy atom. The molecular weight excluding hydrogens is 705 g/mol. The highest BCUT2D eigenvalue weighted by molar-refractivity contribution is 6.29. The normalized spacial score (nSPS) is 20.9. The van der Waals surface area contributed by atoms with Crippen molar-refractivity contribution in [2.45, 2.75) is 85.7 Å². The molecule has 0 radical (unpaired) electrons. The predicted molar refractivity (Wildman–Crippen MR) is 221 cm³/mol. The van der Waals surface area contributed by atoms with Crippen molar-refractivity contribution in [2.75, 3.05) is 5.06 Å². The van der Waals surface area contributed by atoms with Crippen molar-refractivity contribution < 1.29 is 19.0 Å². The molecule has 2 N–H and O–H groups in total. The molecule has 5 heterocycles. The molecule has 0 amide bonds. The summed E-state index contributed by atoms with van der Waals surface area (Å²) in [5, 5.41) is 7.04. The molecule has 8 bridgehead atoms. The van der Waals surface area contributed by atoms with Gasteiger partial charge in [0.1, 0.15) is 29.0 Å². The summed E-state index contributed by atoms with van der Waals surface area (Å²) in [5.41, 5.74) is 4.93. The molecule has 5 aromatic rings. The number of aromatic amines is 1. The molecule has 0 fully saturated rings. The van der Waals surface area contributed by atoms with Crippen LogP contribution in [-0.4, -0.2) is 58.6 Å². The zero-order chi connectivity index (χ0) is 38.9. The first kappa shape index (κ1) is 35.6. The number of amidine groups is 5. The third-order valence-corrected chi connectivity index (χ3v) is 9.44. The number of hydrogen-bond donors (Lipinski definition) is 2. The second kappa shape index (κ2) is 13.6. The van der Waals surface area contributed by atoms with Gasteiger partial charge in [-0.25, -0.2) is 25.0 Å². The fourth-order valence-corrected chi connectivity index (χ4v) is 7.44. The number of nitrogens with one attached hydrogen (secondary N) is 2. The van der Waals surface area contributed by atoms with Crippen LogP contribution in [0.5, 0.6) is 11.5 Å². The Labute approximate surface area is 325 Å². The van der Waals surface area contributed by atoms with Gasteiger partial charge in [0.25, 0.3) is 5.85 Å². The van der Waals surface area contributed by atoms with E-state index in [1.165, 1.54) is 0 Å². The van der Waals surface area contributed by atoms with Gasteiger partial charge in [-0.05, 0) is 91.8 Å². The maximum absolute atomic E-state index is 6.81. The number of aliphatic imine (C=N–C) groups is 5. The van der Waals surface area contributed by atoms with Crippen LogP contribution in [0.1, 0.15) is 88.8 Å². The molecule has 12 heteroatoms. The Balaban J connectivity index is 1.38. The fourth-order valence-electron chi connectivity index (χ4n) is 7.44. The standard InChI is InChI=1S/C44H44N8O4/c1-23(2)53-27-17-19-31-34(21-27)39-46-37-29-13-9-10-14-30(29)38(45-37)47-40-33-15-11-12-16-36(33)44(50-40,55-25(5)6)51-41-35-22-28(54-24(3)4)18-20-32(35)43(49-41)52(42(31)48-39)56-26(7)8/h9-26,48H,1-8H3,(H,45,46,47,50)/b51-41-. The van der Waals surface area contributed by atoms with Crippen LogP contribution in [-0.2, 0) is 15.4 Å². The van der Waals surface area contributed by atoms with Gasteiger partial charge >= 0.3 is 0 Å². The van der Waals surface area contributed by atoms with E-state index in [-0.39, 0.29) is 24.4 Å². The van der Waals surface area contributed by atoms with Crippen molar-refractivity contribution in [3.8, 4) is 11.5 Å². The number of fused-ring (bicyclic) bond motifs is 18. The molecule has 1 aromatic heterocycles.